The van der Waals surface area contributed by atoms with Crippen molar-refractivity contribution >= 4 is 11.9 Å². The van der Waals surface area contributed by atoms with Crippen LogP contribution in [0.25, 0.3) is 0 Å². The van der Waals surface area contributed by atoms with Crippen LogP contribution < -0.4 is 10.1 Å². The number of carbonyl (C=O) groups is 2. The van der Waals surface area contributed by atoms with Gasteiger partial charge in [-0.1, -0.05) is 18.2 Å². The maximum Gasteiger partial charge on any atom is 0.397 e. The van der Waals surface area contributed by atoms with E-state index >= 15 is 0 Å². The zero-order valence-electron chi connectivity index (χ0n) is 11.5. The number of alkyl halides is 2. The fourth-order valence-electron chi connectivity index (χ4n) is 1.69. The van der Waals surface area contributed by atoms with Crippen LogP contribution in [0.15, 0.2) is 30.3 Å². The minimum Gasteiger partial charge on any atom is -0.481 e. The molecule has 0 bridgehead atoms. The first kappa shape index (κ1) is 16.9. The number of benzene rings is 1. The number of carbonyl (C=O) groups excluding carboxylic acids is 1. The molecular formula is C14H17F2NO4. The third-order valence-electron chi connectivity index (χ3n) is 2.85. The Labute approximate surface area is 120 Å². The van der Waals surface area contributed by atoms with Crippen LogP contribution >= 0.6 is 0 Å². The lowest BCUT2D eigenvalue weighted by molar-refractivity contribution is -0.184. The number of rotatable bonds is 8. The van der Waals surface area contributed by atoms with Crippen LogP contribution in [0.3, 0.4) is 0 Å². The van der Waals surface area contributed by atoms with Gasteiger partial charge < -0.3 is 15.2 Å². The summed E-state index contributed by atoms with van der Waals surface area (Å²) in [4.78, 5) is 22.1. The van der Waals surface area contributed by atoms with Gasteiger partial charge in [0.25, 0.3) is 0 Å². The number of ether oxygens (including phenoxy) is 1. The van der Waals surface area contributed by atoms with Gasteiger partial charge in [-0.25, -0.2) is 0 Å². The van der Waals surface area contributed by atoms with Crippen molar-refractivity contribution in [2.45, 2.75) is 25.4 Å². The predicted molar refractivity (Wildman–Crippen MR) is 71.1 cm³/mol. The molecule has 116 valence electrons. The van der Waals surface area contributed by atoms with Crippen molar-refractivity contribution in [3.8, 4) is 5.75 Å². The van der Waals surface area contributed by atoms with Crippen molar-refractivity contribution < 1.29 is 28.2 Å². The molecule has 0 saturated heterocycles. The van der Waals surface area contributed by atoms with Crippen LogP contribution in [0.5, 0.6) is 5.75 Å². The average Bonchev–Trinajstić information content (AvgIpc) is 2.43. The molecule has 1 amide bonds. The number of aliphatic carboxylic acids is 1. The fourth-order valence-corrected chi connectivity index (χ4v) is 1.69. The molecule has 1 aromatic carbocycles. The molecule has 5 nitrogen and oxygen atoms in total. The summed E-state index contributed by atoms with van der Waals surface area (Å²) in [6.45, 7) is 0. The highest BCUT2D eigenvalue weighted by Gasteiger charge is 2.34. The third kappa shape index (κ3) is 6.20. The minimum atomic E-state index is -3.49. The van der Waals surface area contributed by atoms with E-state index in [0.29, 0.717) is 0 Å². The van der Waals surface area contributed by atoms with Crippen LogP contribution in [0.1, 0.15) is 19.3 Å². The Kier molecular flexibility index (Phi) is 6.08. The van der Waals surface area contributed by atoms with Crippen molar-refractivity contribution in [3.63, 3.8) is 0 Å². The molecule has 1 aromatic rings. The summed E-state index contributed by atoms with van der Waals surface area (Å²) in [5.74, 6) is -2.96. The molecule has 0 aliphatic carbocycles. The maximum atomic E-state index is 13.6. The van der Waals surface area contributed by atoms with Gasteiger partial charge in [0, 0.05) is 13.5 Å². The Bertz CT molecular complexity index is 479. The Morgan fingerprint density at radius 1 is 1.33 bits per heavy atom. The van der Waals surface area contributed by atoms with E-state index in [4.69, 9.17) is 5.11 Å². The van der Waals surface area contributed by atoms with Crippen molar-refractivity contribution in [3.05, 3.63) is 30.3 Å². The van der Waals surface area contributed by atoms with Gasteiger partial charge in [-0.3, -0.25) is 9.59 Å². The van der Waals surface area contributed by atoms with E-state index in [-0.39, 0.29) is 18.6 Å². The van der Waals surface area contributed by atoms with E-state index in [1.165, 1.54) is 19.2 Å². The van der Waals surface area contributed by atoms with Crippen LogP contribution in [0.2, 0.25) is 0 Å². The van der Waals surface area contributed by atoms with E-state index in [0.717, 1.165) is 0 Å². The topological polar surface area (TPSA) is 75.6 Å². The number of hydrogen-bond acceptors (Lipinski definition) is 3. The van der Waals surface area contributed by atoms with Crippen LogP contribution in [-0.2, 0) is 9.59 Å². The zero-order chi connectivity index (χ0) is 15.9. The van der Waals surface area contributed by atoms with E-state index in [1.807, 2.05) is 0 Å². The highest BCUT2D eigenvalue weighted by atomic mass is 19.3. The van der Waals surface area contributed by atoms with Gasteiger partial charge in [0.2, 0.25) is 5.91 Å². The summed E-state index contributed by atoms with van der Waals surface area (Å²) in [6.07, 6.45) is -4.97. The molecule has 0 aliphatic rings. The van der Waals surface area contributed by atoms with E-state index in [2.05, 4.69) is 10.1 Å². The molecule has 0 saturated carbocycles. The number of carboxylic acid groups (broad SMARTS) is 1. The molecule has 0 fully saturated rings. The second kappa shape index (κ2) is 7.56. The molecule has 1 atom stereocenters. The first-order chi connectivity index (χ1) is 9.84. The number of para-hydroxylation sites is 1. The monoisotopic (exact) mass is 301 g/mol. The summed E-state index contributed by atoms with van der Waals surface area (Å²) in [7, 11) is 1.36. The summed E-state index contributed by atoms with van der Waals surface area (Å²) >= 11 is 0. The van der Waals surface area contributed by atoms with Gasteiger partial charge in [0.05, 0.1) is 12.3 Å². The van der Waals surface area contributed by atoms with Gasteiger partial charge in [-0.05, 0) is 18.6 Å². The molecule has 0 heterocycles. The Hall–Kier alpha value is -2.18. The van der Waals surface area contributed by atoms with E-state index in [1.54, 1.807) is 18.2 Å². The number of halogens is 2. The summed E-state index contributed by atoms with van der Waals surface area (Å²) in [5.41, 5.74) is 0. The van der Waals surface area contributed by atoms with Gasteiger partial charge in [0.1, 0.15) is 5.75 Å². The van der Waals surface area contributed by atoms with Crippen molar-refractivity contribution in [1.29, 1.82) is 0 Å². The standard InChI is InChI=1S/C14H17F2NO4/c1-17-12(18)9-10(13(19)20)7-8-14(15,16)21-11-5-3-2-4-6-11/h2-6,10H,7-9H2,1H3,(H,17,18)(H,19,20). The highest BCUT2D eigenvalue weighted by molar-refractivity contribution is 5.81. The van der Waals surface area contributed by atoms with Crippen molar-refractivity contribution in [1.82, 2.24) is 5.32 Å². The molecule has 0 aliphatic heterocycles. The molecule has 1 rings (SSSR count). The molecule has 21 heavy (non-hydrogen) atoms. The van der Waals surface area contributed by atoms with Gasteiger partial charge in [-0.2, -0.15) is 8.78 Å². The van der Waals surface area contributed by atoms with Crippen LogP contribution in [0.4, 0.5) is 8.78 Å². The van der Waals surface area contributed by atoms with Gasteiger partial charge >= 0.3 is 12.1 Å². The summed E-state index contributed by atoms with van der Waals surface area (Å²) in [6, 6.07) is 7.53. The van der Waals surface area contributed by atoms with Crippen molar-refractivity contribution in [2.24, 2.45) is 5.92 Å². The third-order valence-corrected chi connectivity index (χ3v) is 2.85. The Morgan fingerprint density at radius 3 is 2.48 bits per heavy atom. The van der Waals surface area contributed by atoms with Gasteiger partial charge in [0.15, 0.2) is 0 Å². The highest BCUT2D eigenvalue weighted by Crippen LogP contribution is 2.28. The molecule has 0 radical (unpaired) electrons. The lowest BCUT2D eigenvalue weighted by Crippen LogP contribution is -2.29. The van der Waals surface area contributed by atoms with Crippen LogP contribution in [0, 0.1) is 5.92 Å². The number of hydrogen-bond donors (Lipinski definition) is 2. The Morgan fingerprint density at radius 2 is 1.95 bits per heavy atom. The molecular weight excluding hydrogens is 284 g/mol. The van der Waals surface area contributed by atoms with E-state index < -0.39 is 30.3 Å². The molecule has 2 N–H and O–H groups in total. The number of carboxylic acids is 1. The normalized spacial score (nSPS) is 12.5. The lowest BCUT2D eigenvalue weighted by atomic mass is 9.99. The zero-order valence-corrected chi connectivity index (χ0v) is 11.5. The summed E-state index contributed by atoms with van der Waals surface area (Å²) in [5, 5.41) is 11.2. The molecule has 0 aromatic heterocycles. The molecule has 1 unspecified atom stereocenters. The smallest absolute Gasteiger partial charge is 0.397 e. The van der Waals surface area contributed by atoms with Crippen molar-refractivity contribution in [2.75, 3.05) is 7.05 Å². The predicted octanol–water partition coefficient (Wildman–Crippen LogP) is 2.28. The molecule has 7 heteroatoms. The minimum absolute atomic E-state index is 0.000626. The first-order valence-corrected chi connectivity index (χ1v) is 6.39. The SMILES string of the molecule is CNC(=O)CC(CCC(F)(F)Oc1ccccc1)C(=O)O. The first-order valence-electron chi connectivity index (χ1n) is 6.39. The average molecular weight is 301 g/mol. The maximum absolute atomic E-state index is 13.6. The second-order valence-electron chi connectivity index (χ2n) is 4.50. The number of amides is 1. The number of nitrogens with one attached hydrogen (secondary N) is 1. The Balaban J connectivity index is 2.57. The molecule has 0 spiro atoms. The van der Waals surface area contributed by atoms with Gasteiger partial charge in [-0.15, -0.1) is 0 Å². The lowest BCUT2D eigenvalue weighted by Gasteiger charge is -2.19. The quantitative estimate of drug-likeness (QED) is 0.772. The second-order valence-corrected chi connectivity index (χ2v) is 4.50. The summed E-state index contributed by atoms with van der Waals surface area (Å²) < 4.78 is 31.8. The van der Waals surface area contributed by atoms with Crippen LogP contribution in [-0.4, -0.2) is 30.1 Å². The largest absolute Gasteiger partial charge is 0.481 e. The fraction of sp³-hybridized carbons (Fsp3) is 0.429. The van der Waals surface area contributed by atoms with E-state index in [9.17, 15) is 18.4 Å².